The zero-order chi connectivity index (χ0) is 7.68. The summed E-state index contributed by atoms with van der Waals surface area (Å²) in [6.07, 6.45) is 2.62. The minimum Gasteiger partial charge on any atom is -0.463 e. The van der Waals surface area contributed by atoms with E-state index in [0.29, 0.717) is 6.04 Å². The molecule has 0 spiro atoms. The molecule has 0 radical (unpaired) electrons. The van der Waals surface area contributed by atoms with Crippen molar-refractivity contribution in [2.24, 2.45) is 5.10 Å². The maximum atomic E-state index is 5.19. The van der Waals surface area contributed by atoms with Crippen LogP contribution in [0, 0.1) is 0 Å². The molecule has 58 valence electrons. The van der Waals surface area contributed by atoms with Crippen LogP contribution in [0.5, 0.6) is 0 Å². The second kappa shape index (κ2) is 2.42. The van der Waals surface area contributed by atoms with Crippen LogP contribution in [0.15, 0.2) is 27.9 Å². The molecule has 1 aromatic rings. The summed E-state index contributed by atoms with van der Waals surface area (Å²) in [6, 6.07) is 4.24. The predicted octanol–water partition coefficient (Wildman–Crippen LogP) is 1.37. The molecule has 0 aromatic carbocycles. The first-order valence-electron chi connectivity index (χ1n) is 3.72. The van der Waals surface area contributed by atoms with E-state index in [-0.39, 0.29) is 0 Å². The van der Waals surface area contributed by atoms with Gasteiger partial charge in [0.2, 0.25) is 0 Å². The molecule has 2 heterocycles. The fraction of sp³-hybridized carbons (Fsp3) is 0.375. The molecule has 0 saturated carbocycles. The van der Waals surface area contributed by atoms with E-state index >= 15 is 0 Å². The first kappa shape index (κ1) is 6.46. The third-order valence-corrected chi connectivity index (χ3v) is 1.73. The van der Waals surface area contributed by atoms with Crippen LogP contribution in [0.3, 0.4) is 0 Å². The molecule has 0 fully saturated rings. The summed E-state index contributed by atoms with van der Waals surface area (Å²) in [7, 11) is 0. The molecule has 1 atom stereocenters. The van der Waals surface area contributed by atoms with E-state index in [0.717, 1.165) is 17.9 Å². The second-order valence-electron chi connectivity index (χ2n) is 2.77. The van der Waals surface area contributed by atoms with E-state index in [9.17, 15) is 0 Å². The Morgan fingerprint density at radius 2 is 2.64 bits per heavy atom. The average Bonchev–Trinajstić information content (AvgIpc) is 2.55. The SMILES string of the molecule is C[C@@H]1CC(c2ccco2)=NN1. The van der Waals surface area contributed by atoms with Gasteiger partial charge in [0.1, 0.15) is 11.5 Å². The minimum atomic E-state index is 0.440. The molecule has 1 aliphatic heterocycles. The Hall–Kier alpha value is -1.25. The van der Waals surface area contributed by atoms with Gasteiger partial charge in [0.05, 0.1) is 6.26 Å². The van der Waals surface area contributed by atoms with Crippen molar-refractivity contribution in [3.8, 4) is 0 Å². The number of nitrogens with zero attached hydrogens (tertiary/aromatic N) is 1. The maximum Gasteiger partial charge on any atom is 0.149 e. The summed E-state index contributed by atoms with van der Waals surface area (Å²) in [6.45, 7) is 2.10. The standard InChI is InChI=1S/C8H10N2O/c1-6-5-7(10-9-6)8-3-2-4-11-8/h2-4,6,9H,5H2,1H3/t6-/m1/s1. The molecule has 2 rings (SSSR count). The summed E-state index contributed by atoms with van der Waals surface area (Å²) < 4.78 is 5.19. The second-order valence-corrected chi connectivity index (χ2v) is 2.77. The summed E-state index contributed by atoms with van der Waals surface area (Å²) in [4.78, 5) is 0. The lowest BCUT2D eigenvalue weighted by Gasteiger charge is -1.96. The Bertz CT molecular complexity index is 264. The van der Waals surface area contributed by atoms with Crippen molar-refractivity contribution in [1.29, 1.82) is 0 Å². The first-order chi connectivity index (χ1) is 5.36. The minimum absolute atomic E-state index is 0.440. The van der Waals surface area contributed by atoms with Gasteiger partial charge in [-0.2, -0.15) is 5.10 Å². The van der Waals surface area contributed by atoms with Gasteiger partial charge in [-0.25, -0.2) is 0 Å². The van der Waals surface area contributed by atoms with E-state index in [2.05, 4.69) is 17.5 Å². The molecule has 1 aliphatic rings. The van der Waals surface area contributed by atoms with E-state index < -0.39 is 0 Å². The van der Waals surface area contributed by atoms with Gasteiger partial charge in [0.15, 0.2) is 0 Å². The van der Waals surface area contributed by atoms with Crippen LogP contribution in [0.1, 0.15) is 19.1 Å². The molecule has 0 unspecified atom stereocenters. The Morgan fingerprint density at radius 3 is 3.18 bits per heavy atom. The fourth-order valence-corrected chi connectivity index (χ4v) is 1.17. The van der Waals surface area contributed by atoms with Gasteiger partial charge in [0.25, 0.3) is 0 Å². The fourth-order valence-electron chi connectivity index (χ4n) is 1.17. The summed E-state index contributed by atoms with van der Waals surface area (Å²) in [5, 5.41) is 4.13. The molecule has 0 bridgehead atoms. The lowest BCUT2D eigenvalue weighted by Crippen LogP contribution is -2.13. The zero-order valence-corrected chi connectivity index (χ0v) is 6.37. The highest BCUT2D eigenvalue weighted by molar-refractivity contribution is 5.99. The topological polar surface area (TPSA) is 37.5 Å². The van der Waals surface area contributed by atoms with Crippen LogP contribution in [0.2, 0.25) is 0 Å². The molecule has 0 amide bonds. The van der Waals surface area contributed by atoms with Gasteiger partial charge >= 0.3 is 0 Å². The largest absolute Gasteiger partial charge is 0.463 e. The number of hydrogen-bond donors (Lipinski definition) is 1. The molecule has 1 N–H and O–H groups in total. The highest BCUT2D eigenvalue weighted by atomic mass is 16.3. The predicted molar refractivity (Wildman–Crippen MR) is 42.5 cm³/mol. The van der Waals surface area contributed by atoms with Crippen molar-refractivity contribution in [1.82, 2.24) is 5.43 Å². The van der Waals surface area contributed by atoms with Crippen molar-refractivity contribution >= 4 is 5.71 Å². The Kier molecular flexibility index (Phi) is 1.42. The highest BCUT2D eigenvalue weighted by Crippen LogP contribution is 2.11. The lowest BCUT2D eigenvalue weighted by molar-refractivity contribution is 0.556. The van der Waals surface area contributed by atoms with Crippen molar-refractivity contribution in [2.75, 3.05) is 0 Å². The van der Waals surface area contributed by atoms with Crippen LogP contribution >= 0.6 is 0 Å². The molecular weight excluding hydrogens is 140 g/mol. The number of hydrogen-bond acceptors (Lipinski definition) is 3. The molecule has 1 aromatic heterocycles. The average molecular weight is 150 g/mol. The monoisotopic (exact) mass is 150 g/mol. The first-order valence-corrected chi connectivity index (χ1v) is 3.72. The van der Waals surface area contributed by atoms with Gasteiger partial charge in [0, 0.05) is 12.5 Å². The van der Waals surface area contributed by atoms with Crippen molar-refractivity contribution in [3.63, 3.8) is 0 Å². The van der Waals surface area contributed by atoms with Crippen molar-refractivity contribution < 1.29 is 4.42 Å². The smallest absolute Gasteiger partial charge is 0.149 e. The Balaban J connectivity index is 2.19. The van der Waals surface area contributed by atoms with Crippen molar-refractivity contribution in [3.05, 3.63) is 24.2 Å². The third-order valence-electron chi connectivity index (χ3n) is 1.73. The van der Waals surface area contributed by atoms with E-state index in [1.165, 1.54) is 0 Å². The molecule has 0 saturated heterocycles. The van der Waals surface area contributed by atoms with E-state index in [4.69, 9.17) is 4.42 Å². The van der Waals surface area contributed by atoms with Gasteiger partial charge in [-0.1, -0.05) is 0 Å². The summed E-state index contributed by atoms with van der Waals surface area (Å²) >= 11 is 0. The zero-order valence-electron chi connectivity index (χ0n) is 6.37. The number of furan rings is 1. The van der Waals surface area contributed by atoms with Crippen LogP contribution in [-0.2, 0) is 0 Å². The number of rotatable bonds is 1. The molecule has 3 nitrogen and oxygen atoms in total. The van der Waals surface area contributed by atoms with Crippen LogP contribution in [0.25, 0.3) is 0 Å². The number of nitrogens with one attached hydrogen (secondary N) is 1. The van der Waals surface area contributed by atoms with E-state index in [1.807, 2.05) is 12.1 Å². The van der Waals surface area contributed by atoms with Gasteiger partial charge in [-0.05, 0) is 19.1 Å². The van der Waals surface area contributed by atoms with Gasteiger partial charge in [-0.3, -0.25) is 0 Å². The summed E-state index contributed by atoms with van der Waals surface area (Å²) in [5.74, 6) is 0.877. The number of hydrazone groups is 1. The van der Waals surface area contributed by atoms with E-state index in [1.54, 1.807) is 6.26 Å². The molecule has 0 aliphatic carbocycles. The van der Waals surface area contributed by atoms with Crippen LogP contribution in [-0.4, -0.2) is 11.8 Å². The highest BCUT2D eigenvalue weighted by Gasteiger charge is 2.16. The Labute approximate surface area is 65.1 Å². The third kappa shape index (κ3) is 1.13. The Morgan fingerprint density at radius 1 is 1.73 bits per heavy atom. The van der Waals surface area contributed by atoms with Crippen molar-refractivity contribution in [2.45, 2.75) is 19.4 Å². The summed E-state index contributed by atoms with van der Waals surface area (Å²) in [5.41, 5.74) is 4.00. The van der Waals surface area contributed by atoms with Gasteiger partial charge < -0.3 is 9.84 Å². The molecule has 11 heavy (non-hydrogen) atoms. The maximum absolute atomic E-state index is 5.19. The normalized spacial score (nSPS) is 23.0. The van der Waals surface area contributed by atoms with Gasteiger partial charge in [-0.15, -0.1) is 0 Å². The molecule has 3 heteroatoms. The lowest BCUT2D eigenvalue weighted by atomic mass is 10.1. The quantitative estimate of drug-likeness (QED) is 0.656. The van der Waals surface area contributed by atoms with Crippen LogP contribution in [0.4, 0.5) is 0 Å². The van der Waals surface area contributed by atoms with Crippen LogP contribution < -0.4 is 5.43 Å². The molecular formula is C8H10N2O.